The van der Waals surface area contributed by atoms with E-state index in [1.54, 1.807) is 4.90 Å². The minimum atomic E-state index is -0.0247. The monoisotopic (exact) mass is 194 g/mol. The van der Waals surface area contributed by atoms with E-state index in [0.29, 0.717) is 19.0 Å². The summed E-state index contributed by atoms with van der Waals surface area (Å²) in [5.41, 5.74) is 0. The van der Waals surface area contributed by atoms with Crippen molar-refractivity contribution in [1.29, 1.82) is 0 Å². The largest absolute Gasteiger partial charge is 0.330 e. The van der Waals surface area contributed by atoms with Crippen LogP contribution in [-0.2, 0) is 4.79 Å². The van der Waals surface area contributed by atoms with Gasteiger partial charge in [-0.15, -0.1) is 6.42 Å². The van der Waals surface area contributed by atoms with Gasteiger partial charge < -0.3 is 10.2 Å². The smallest absolute Gasteiger partial charge is 0.240 e. The number of carbonyl (C=O) groups is 1. The van der Waals surface area contributed by atoms with E-state index < -0.39 is 0 Å². The predicted molar refractivity (Wildman–Crippen MR) is 56.7 cm³/mol. The molecule has 0 spiro atoms. The molecule has 3 nitrogen and oxygen atoms in total. The van der Waals surface area contributed by atoms with Crippen LogP contribution in [0.1, 0.15) is 20.3 Å². The van der Waals surface area contributed by atoms with Crippen LogP contribution in [0.2, 0.25) is 0 Å². The summed E-state index contributed by atoms with van der Waals surface area (Å²) in [7, 11) is 0. The van der Waals surface area contributed by atoms with Crippen LogP contribution in [0.15, 0.2) is 0 Å². The molecular weight excluding hydrogens is 176 g/mol. The van der Waals surface area contributed by atoms with E-state index in [1.165, 1.54) is 0 Å². The number of carbonyl (C=O) groups excluding carboxylic acids is 1. The highest BCUT2D eigenvalue weighted by Crippen LogP contribution is 2.16. The zero-order chi connectivity index (χ0) is 10.6. The van der Waals surface area contributed by atoms with Crippen molar-refractivity contribution in [3.8, 4) is 12.3 Å². The molecule has 0 aromatic heterocycles. The maximum Gasteiger partial charge on any atom is 0.240 e. The van der Waals surface area contributed by atoms with E-state index in [1.807, 2.05) is 6.92 Å². The Kier molecular flexibility index (Phi) is 3.97. The van der Waals surface area contributed by atoms with Crippen molar-refractivity contribution in [3.05, 3.63) is 0 Å². The highest BCUT2D eigenvalue weighted by molar-refractivity contribution is 5.82. The summed E-state index contributed by atoms with van der Waals surface area (Å²) < 4.78 is 0. The van der Waals surface area contributed by atoms with Gasteiger partial charge in [-0.05, 0) is 25.8 Å². The quantitative estimate of drug-likeness (QED) is 0.662. The van der Waals surface area contributed by atoms with Crippen LogP contribution in [0.5, 0.6) is 0 Å². The van der Waals surface area contributed by atoms with Crippen molar-refractivity contribution in [3.63, 3.8) is 0 Å². The molecule has 0 aromatic rings. The van der Waals surface area contributed by atoms with Gasteiger partial charge in [-0.2, -0.15) is 0 Å². The Balaban J connectivity index is 2.58. The Labute approximate surface area is 85.9 Å². The van der Waals surface area contributed by atoms with Crippen LogP contribution >= 0.6 is 0 Å². The van der Waals surface area contributed by atoms with Crippen molar-refractivity contribution in [1.82, 2.24) is 10.2 Å². The van der Waals surface area contributed by atoms with Crippen molar-refractivity contribution >= 4 is 5.91 Å². The minimum Gasteiger partial charge on any atom is -0.330 e. The van der Waals surface area contributed by atoms with Gasteiger partial charge in [0.15, 0.2) is 0 Å². The van der Waals surface area contributed by atoms with E-state index in [4.69, 9.17) is 6.42 Å². The summed E-state index contributed by atoms with van der Waals surface area (Å²) in [6, 6.07) is -0.0247. The standard InChI is InChI=1S/C11H18N2O/c1-4-8-13(5-2)11(14)10-9(3)6-7-12-10/h1,9-10,12H,5-8H2,2-3H3. The fourth-order valence-electron chi connectivity index (χ4n) is 1.82. The maximum absolute atomic E-state index is 11.9. The van der Waals surface area contributed by atoms with Crippen molar-refractivity contribution in [2.75, 3.05) is 19.6 Å². The van der Waals surface area contributed by atoms with E-state index in [2.05, 4.69) is 18.2 Å². The molecular formula is C11H18N2O. The summed E-state index contributed by atoms with van der Waals surface area (Å²) in [6.07, 6.45) is 6.29. The first-order valence-corrected chi connectivity index (χ1v) is 5.16. The number of nitrogens with one attached hydrogen (secondary N) is 1. The normalized spacial score (nSPS) is 25.8. The lowest BCUT2D eigenvalue weighted by Crippen LogP contribution is -2.46. The Morgan fingerprint density at radius 2 is 2.43 bits per heavy atom. The molecule has 0 radical (unpaired) electrons. The summed E-state index contributed by atoms with van der Waals surface area (Å²) in [4.78, 5) is 13.7. The second-order valence-electron chi connectivity index (χ2n) is 3.75. The Morgan fingerprint density at radius 3 is 2.86 bits per heavy atom. The molecule has 0 saturated carbocycles. The van der Waals surface area contributed by atoms with Crippen LogP contribution in [0.4, 0.5) is 0 Å². The van der Waals surface area contributed by atoms with Crippen molar-refractivity contribution in [2.45, 2.75) is 26.3 Å². The second kappa shape index (κ2) is 5.02. The molecule has 0 aromatic carbocycles. The van der Waals surface area contributed by atoms with Gasteiger partial charge in [-0.3, -0.25) is 4.79 Å². The lowest BCUT2D eigenvalue weighted by molar-refractivity contribution is -0.133. The molecule has 1 saturated heterocycles. The number of amides is 1. The van der Waals surface area contributed by atoms with Crippen LogP contribution in [0, 0.1) is 18.3 Å². The van der Waals surface area contributed by atoms with Crippen LogP contribution < -0.4 is 5.32 Å². The van der Waals surface area contributed by atoms with E-state index in [0.717, 1.165) is 13.0 Å². The number of terminal acetylenes is 1. The van der Waals surface area contributed by atoms with Crippen molar-refractivity contribution < 1.29 is 4.79 Å². The number of rotatable bonds is 3. The SMILES string of the molecule is C#CCN(CC)C(=O)C1NCCC1C. The molecule has 1 aliphatic heterocycles. The third kappa shape index (κ3) is 2.27. The maximum atomic E-state index is 11.9. The summed E-state index contributed by atoms with van der Waals surface area (Å²) in [5, 5.41) is 3.22. The number of nitrogens with zero attached hydrogens (tertiary/aromatic N) is 1. The molecule has 1 fully saturated rings. The molecule has 1 N–H and O–H groups in total. The molecule has 0 bridgehead atoms. The number of likely N-dealkylation sites (N-methyl/N-ethyl adjacent to an activating group) is 1. The molecule has 0 aliphatic carbocycles. The number of hydrogen-bond donors (Lipinski definition) is 1. The van der Waals surface area contributed by atoms with E-state index in [-0.39, 0.29) is 11.9 Å². The van der Waals surface area contributed by atoms with Crippen LogP contribution in [-0.4, -0.2) is 36.5 Å². The van der Waals surface area contributed by atoms with E-state index >= 15 is 0 Å². The molecule has 1 amide bonds. The summed E-state index contributed by atoms with van der Waals surface area (Å²) in [6.45, 7) is 6.10. The third-order valence-electron chi connectivity index (χ3n) is 2.77. The predicted octanol–water partition coefficient (Wildman–Crippen LogP) is 0.466. The topological polar surface area (TPSA) is 32.3 Å². The molecule has 2 unspecified atom stereocenters. The molecule has 1 aliphatic rings. The molecule has 1 rings (SSSR count). The third-order valence-corrected chi connectivity index (χ3v) is 2.77. The molecule has 78 valence electrons. The van der Waals surface area contributed by atoms with Gasteiger partial charge >= 0.3 is 0 Å². The van der Waals surface area contributed by atoms with Gasteiger partial charge in [0.25, 0.3) is 0 Å². The lowest BCUT2D eigenvalue weighted by Gasteiger charge is -2.24. The first-order valence-electron chi connectivity index (χ1n) is 5.16. The highest BCUT2D eigenvalue weighted by atomic mass is 16.2. The van der Waals surface area contributed by atoms with Crippen LogP contribution in [0.25, 0.3) is 0 Å². The first-order chi connectivity index (χ1) is 6.70. The second-order valence-corrected chi connectivity index (χ2v) is 3.75. The minimum absolute atomic E-state index is 0.0247. The lowest BCUT2D eigenvalue weighted by atomic mass is 10.0. The van der Waals surface area contributed by atoms with Gasteiger partial charge in [0, 0.05) is 6.54 Å². The zero-order valence-corrected chi connectivity index (χ0v) is 8.92. The zero-order valence-electron chi connectivity index (χ0n) is 8.92. The highest BCUT2D eigenvalue weighted by Gasteiger charge is 2.31. The first kappa shape index (κ1) is 11.1. The molecule has 14 heavy (non-hydrogen) atoms. The van der Waals surface area contributed by atoms with Gasteiger partial charge in [0.1, 0.15) is 0 Å². The molecule has 2 atom stereocenters. The molecule has 3 heteroatoms. The average molecular weight is 194 g/mol. The van der Waals surface area contributed by atoms with Crippen molar-refractivity contribution in [2.24, 2.45) is 5.92 Å². The fourth-order valence-corrected chi connectivity index (χ4v) is 1.82. The Morgan fingerprint density at radius 1 is 1.71 bits per heavy atom. The van der Waals surface area contributed by atoms with Gasteiger partial charge in [0.2, 0.25) is 5.91 Å². The van der Waals surface area contributed by atoms with Gasteiger partial charge in [-0.25, -0.2) is 0 Å². The van der Waals surface area contributed by atoms with Gasteiger partial charge in [0.05, 0.1) is 12.6 Å². The summed E-state index contributed by atoms with van der Waals surface area (Å²) in [5.74, 6) is 3.09. The average Bonchev–Trinajstić information content (AvgIpc) is 2.59. The molecule has 1 heterocycles. The van der Waals surface area contributed by atoms with E-state index in [9.17, 15) is 4.79 Å². The number of hydrogen-bond acceptors (Lipinski definition) is 2. The Hall–Kier alpha value is -1.01. The summed E-state index contributed by atoms with van der Waals surface area (Å²) >= 11 is 0. The van der Waals surface area contributed by atoms with Crippen LogP contribution in [0.3, 0.4) is 0 Å². The fraction of sp³-hybridized carbons (Fsp3) is 0.727. The van der Waals surface area contributed by atoms with Gasteiger partial charge in [-0.1, -0.05) is 12.8 Å². The Bertz CT molecular complexity index is 244.